The Bertz CT molecular complexity index is 758. The predicted octanol–water partition coefficient (Wildman–Crippen LogP) is -0.691. The first kappa shape index (κ1) is 14.4. The number of carboxylic acid groups (broad SMARTS) is 2. The van der Waals surface area contributed by atoms with E-state index >= 15 is 0 Å². The molecule has 1 aromatic heterocycles. The molecule has 0 unspecified atom stereocenters. The van der Waals surface area contributed by atoms with Crippen molar-refractivity contribution in [2.45, 2.75) is 0 Å². The Kier molecular flexibility index (Phi) is 3.79. The number of hydrogen-bond donors (Lipinski definition) is 1. The number of pyridine rings is 1. The van der Waals surface area contributed by atoms with Gasteiger partial charge in [-0.15, -0.1) is 0 Å². The average molecular weight is 292 g/mol. The maximum absolute atomic E-state index is 13.1. The predicted molar refractivity (Wildman–Crippen MR) is 63.4 cm³/mol. The molecule has 1 aromatic carbocycles. The molecule has 0 fully saturated rings. The van der Waals surface area contributed by atoms with Crippen molar-refractivity contribution < 1.29 is 28.6 Å². The second kappa shape index (κ2) is 5.53. The molecule has 0 radical (unpaired) electrons. The Morgan fingerprint density at radius 2 is 1.71 bits per heavy atom. The minimum Gasteiger partial charge on any atom is -0.545 e. The lowest BCUT2D eigenvalue weighted by molar-refractivity contribution is -0.312. The molecule has 0 spiro atoms. The van der Waals surface area contributed by atoms with Crippen LogP contribution in [-0.4, -0.2) is 16.9 Å². The van der Waals surface area contributed by atoms with Crippen LogP contribution in [0.2, 0.25) is 0 Å². The van der Waals surface area contributed by atoms with Gasteiger partial charge in [-0.1, -0.05) is 0 Å². The van der Waals surface area contributed by atoms with Crippen LogP contribution in [-0.2, 0) is 9.59 Å². The Morgan fingerprint density at radius 1 is 1.10 bits per heavy atom. The highest BCUT2D eigenvalue weighted by Gasteiger charge is 2.06. The van der Waals surface area contributed by atoms with Crippen molar-refractivity contribution in [2.75, 3.05) is 5.32 Å². The Balaban J connectivity index is 2.35. The first-order chi connectivity index (χ1) is 9.88. The summed E-state index contributed by atoms with van der Waals surface area (Å²) >= 11 is 0. The van der Waals surface area contributed by atoms with Gasteiger partial charge >= 0.3 is 0 Å². The average Bonchev–Trinajstić information content (AvgIpc) is 2.39. The zero-order chi connectivity index (χ0) is 15.6. The maximum atomic E-state index is 13.1. The van der Waals surface area contributed by atoms with Gasteiger partial charge in [0.15, 0.2) is 11.6 Å². The van der Waals surface area contributed by atoms with E-state index in [0.717, 1.165) is 12.1 Å². The van der Waals surface area contributed by atoms with E-state index in [1.807, 2.05) is 0 Å². The van der Waals surface area contributed by atoms with Crippen LogP contribution < -0.4 is 15.5 Å². The van der Waals surface area contributed by atoms with Crippen molar-refractivity contribution in [3.05, 3.63) is 47.8 Å². The monoisotopic (exact) mass is 292 g/mol. The Labute approximate surface area is 116 Å². The Hall–Kier alpha value is -3.03. The molecular weight excluding hydrogens is 286 g/mol. The van der Waals surface area contributed by atoms with Crippen molar-refractivity contribution in [3.8, 4) is 0 Å². The fourth-order valence-corrected chi connectivity index (χ4v) is 1.56. The number of anilines is 1. The molecule has 8 heteroatoms. The van der Waals surface area contributed by atoms with Crippen LogP contribution in [0.25, 0.3) is 10.9 Å². The number of halogens is 2. The summed E-state index contributed by atoms with van der Waals surface area (Å²) in [5, 5.41) is 23.6. The van der Waals surface area contributed by atoms with Crippen molar-refractivity contribution in [1.82, 2.24) is 4.98 Å². The molecule has 0 saturated heterocycles. The number of aliphatic carboxylic acids is 2. The summed E-state index contributed by atoms with van der Waals surface area (Å²) in [5.74, 6) is -5.97. The molecule has 0 atom stereocenters. The van der Waals surface area contributed by atoms with E-state index in [-0.39, 0.29) is 16.6 Å². The second-order valence-corrected chi connectivity index (χ2v) is 3.96. The van der Waals surface area contributed by atoms with E-state index in [4.69, 9.17) is 0 Å². The summed E-state index contributed by atoms with van der Waals surface area (Å²) in [6, 6.07) is 3.15. The molecule has 2 aromatic rings. The van der Waals surface area contributed by atoms with E-state index in [1.54, 1.807) is 0 Å². The minimum absolute atomic E-state index is 0.175. The van der Waals surface area contributed by atoms with Crippen LogP contribution >= 0.6 is 0 Å². The largest absolute Gasteiger partial charge is 0.545 e. The Morgan fingerprint density at radius 3 is 2.33 bits per heavy atom. The molecule has 0 aliphatic rings. The normalized spacial score (nSPS) is 10.2. The van der Waals surface area contributed by atoms with Crippen molar-refractivity contribution in [3.63, 3.8) is 0 Å². The summed E-state index contributed by atoms with van der Waals surface area (Å²) < 4.78 is 26.1. The zero-order valence-corrected chi connectivity index (χ0v) is 10.2. The van der Waals surface area contributed by atoms with E-state index < -0.39 is 29.1 Å². The SMILES string of the molecule is O=C([O-])C(=CNc1cnc2cc(F)c(F)cc2c1)C(=O)[O-]. The van der Waals surface area contributed by atoms with Gasteiger partial charge in [0.05, 0.1) is 29.3 Å². The van der Waals surface area contributed by atoms with Gasteiger partial charge in [0.1, 0.15) is 0 Å². The van der Waals surface area contributed by atoms with Crippen molar-refractivity contribution >= 4 is 28.5 Å². The lowest BCUT2D eigenvalue weighted by atomic mass is 10.2. The van der Waals surface area contributed by atoms with Crippen molar-refractivity contribution in [2.24, 2.45) is 0 Å². The number of carboxylic acids is 2. The van der Waals surface area contributed by atoms with Crippen LogP contribution in [0.15, 0.2) is 36.2 Å². The number of hydrogen-bond acceptors (Lipinski definition) is 6. The number of benzene rings is 1. The number of nitrogens with zero attached hydrogens (tertiary/aromatic N) is 1. The number of fused-ring (bicyclic) bond motifs is 1. The molecule has 0 saturated carbocycles. The first-order valence-electron chi connectivity index (χ1n) is 5.52. The van der Waals surface area contributed by atoms with Gasteiger partial charge in [-0.2, -0.15) is 0 Å². The highest BCUT2D eigenvalue weighted by molar-refractivity contribution is 6.10. The molecule has 21 heavy (non-hydrogen) atoms. The van der Waals surface area contributed by atoms with Crippen molar-refractivity contribution in [1.29, 1.82) is 0 Å². The molecule has 6 nitrogen and oxygen atoms in total. The van der Waals surface area contributed by atoms with Gasteiger partial charge in [-0.05, 0) is 12.1 Å². The summed E-state index contributed by atoms with van der Waals surface area (Å²) in [5.41, 5.74) is -0.739. The van der Waals surface area contributed by atoms with Crippen LogP contribution in [0.5, 0.6) is 0 Å². The smallest absolute Gasteiger partial charge is 0.161 e. The number of nitrogens with one attached hydrogen (secondary N) is 1. The highest BCUT2D eigenvalue weighted by Crippen LogP contribution is 2.20. The van der Waals surface area contributed by atoms with Crippen LogP contribution in [0.4, 0.5) is 14.5 Å². The van der Waals surface area contributed by atoms with E-state index in [0.29, 0.717) is 6.20 Å². The molecule has 1 N–H and O–H groups in total. The lowest BCUT2D eigenvalue weighted by Gasteiger charge is -2.10. The molecule has 2 rings (SSSR count). The second-order valence-electron chi connectivity index (χ2n) is 3.96. The molecular formula is C13H6F2N2O4-2. The highest BCUT2D eigenvalue weighted by atomic mass is 19.2. The van der Waals surface area contributed by atoms with Crippen LogP contribution in [0.3, 0.4) is 0 Å². The topological polar surface area (TPSA) is 105 Å². The zero-order valence-electron chi connectivity index (χ0n) is 10.2. The van der Waals surface area contributed by atoms with E-state index in [1.165, 1.54) is 12.3 Å². The minimum atomic E-state index is -1.93. The number of rotatable bonds is 4. The third-order valence-corrected chi connectivity index (χ3v) is 2.55. The van der Waals surface area contributed by atoms with Gasteiger partial charge in [0, 0.05) is 23.2 Å². The maximum Gasteiger partial charge on any atom is 0.161 e. The first-order valence-corrected chi connectivity index (χ1v) is 5.52. The van der Waals surface area contributed by atoms with Gasteiger partial charge in [-0.3, -0.25) is 4.98 Å². The number of aromatic nitrogens is 1. The fraction of sp³-hybridized carbons (Fsp3) is 0. The summed E-state index contributed by atoms with van der Waals surface area (Å²) in [6.07, 6.45) is 1.84. The van der Waals surface area contributed by atoms with Gasteiger partial charge in [-0.25, -0.2) is 8.78 Å². The summed E-state index contributed by atoms with van der Waals surface area (Å²) in [7, 11) is 0. The van der Waals surface area contributed by atoms with E-state index in [2.05, 4.69) is 10.3 Å². The lowest BCUT2D eigenvalue weighted by Crippen LogP contribution is -2.36. The van der Waals surface area contributed by atoms with E-state index in [9.17, 15) is 28.6 Å². The standard InChI is InChI=1S/C13H8F2N2O4/c14-9-2-6-1-7(4-17-11(6)3-10(9)15)16-5-8(12(18)19)13(20)21/h1-5,16H,(H,18,19)(H,20,21)/p-2. The van der Waals surface area contributed by atoms with Crippen LogP contribution in [0.1, 0.15) is 0 Å². The third-order valence-electron chi connectivity index (χ3n) is 2.55. The van der Waals surface area contributed by atoms with Gasteiger partial charge in [0.25, 0.3) is 0 Å². The van der Waals surface area contributed by atoms with Gasteiger partial charge in [0.2, 0.25) is 0 Å². The number of carbonyl (C=O) groups is 2. The molecule has 0 aliphatic carbocycles. The van der Waals surface area contributed by atoms with Crippen LogP contribution in [0, 0.1) is 11.6 Å². The quantitative estimate of drug-likeness (QED) is 0.454. The van der Waals surface area contributed by atoms with Gasteiger partial charge < -0.3 is 25.1 Å². The molecule has 1 heterocycles. The molecule has 108 valence electrons. The molecule has 0 bridgehead atoms. The molecule has 0 aliphatic heterocycles. The summed E-state index contributed by atoms with van der Waals surface area (Å²) in [6.45, 7) is 0. The number of carbonyl (C=O) groups excluding carboxylic acids is 2. The fourth-order valence-electron chi connectivity index (χ4n) is 1.56. The third kappa shape index (κ3) is 3.11. The molecule has 0 amide bonds. The summed E-state index contributed by atoms with van der Waals surface area (Å²) in [4.78, 5) is 24.8.